The van der Waals surface area contributed by atoms with Crippen molar-refractivity contribution in [2.75, 3.05) is 0 Å². The summed E-state index contributed by atoms with van der Waals surface area (Å²) in [6.45, 7) is 0. The zero-order valence-electron chi connectivity index (χ0n) is 8.81. The number of aromatic nitrogens is 4. The van der Waals surface area contributed by atoms with Crippen LogP contribution < -0.4 is 0 Å². The third-order valence-electron chi connectivity index (χ3n) is 3.22. The molecule has 82 valence electrons. The molecule has 4 rings (SSSR count). The van der Waals surface area contributed by atoms with Crippen LogP contribution in [0.15, 0.2) is 10.6 Å². The van der Waals surface area contributed by atoms with Crippen molar-refractivity contribution >= 4 is 0 Å². The fourth-order valence-electron chi connectivity index (χ4n) is 1.90. The minimum absolute atomic E-state index is 0.527. The predicted octanol–water partition coefficient (Wildman–Crippen LogP) is 2.21. The standard InChI is InChI=1S/C11H12N4O/c1-2-6(1)8-5-9(14-13-8)11-12-10(15-16-11)7-3-4-7/h5-7H,1-4H2,(H,13,14). The predicted molar refractivity (Wildman–Crippen MR) is 55.8 cm³/mol. The Balaban J connectivity index is 1.65. The number of H-pyrrole nitrogens is 1. The van der Waals surface area contributed by atoms with E-state index >= 15 is 0 Å². The summed E-state index contributed by atoms with van der Waals surface area (Å²) in [4.78, 5) is 4.38. The fourth-order valence-corrected chi connectivity index (χ4v) is 1.90. The van der Waals surface area contributed by atoms with Gasteiger partial charge in [0.2, 0.25) is 0 Å². The van der Waals surface area contributed by atoms with Crippen LogP contribution in [0.25, 0.3) is 11.6 Å². The molecule has 0 bridgehead atoms. The summed E-state index contributed by atoms with van der Waals surface area (Å²) in [5.41, 5.74) is 1.97. The lowest BCUT2D eigenvalue weighted by atomic mass is 10.3. The highest BCUT2D eigenvalue weighted by Crippen LogP contribution is 2.41. The smallest absolute Gasteiger partial charge is 0.278 e. The second-order valence-corrected chi connectivity index (χ2v) is 4.71. The zero-order chi connectivity index (χ0) is 10.5. The van der Waals surface area contributed by atoms with Gasteiger partial charge in [-0.2, -0.15) is 10.1 Å². The van der Waals surface area contributed by atoms with Crippen LogP contribution in [0.2, 0.25) is 0 Å². The summed E-state index contributed by atoms with van der Waals surface area (Å²) in [7, 11) is 0. The minimum atomic E-state index is 0.527. The molecule has 0 amide bonds. The molecule has 2 aliphatic rings. The Morgan fingerprint density at radius 3 is 2.75 bits per heavy atom. The lowest BCUT2D eigenvalue weighted by Crippen LogP contribution is -1.82. The van der Waals surface area contributed by atoms with E-state index in [1.165, 1.54) is 31.4 Å². The summed E-state index contributed by atoms with van der Waals surface area (Å²) in [6.07, 6.45) is 4.90. The Morgan fingerprint density at radius 2 is 2.00 bits per heavy atom. The van der Waals surface area contributed by atoms with Gasteiger partial charge >= 0.3 is 0 Å². The van der Waals surface area contributed by atoms with Crippen LogP contribution in [-0.4, -0.2) is 20.3 Å². The van der Waals surface area contributed by atoms with Crippen LogP contribution >= 0.6 is 0 Å². The second-order valence-electron chi connectivity index (χ2n) is 4.71. The first-order chi connectivity index (χ1) is 7.90. The molecular formula is C11H12N4O. The molecule has 2 aliphatic carbocycles. The van der Waals surface area contributed by atoms with E-state index in [9.17, 15) is 0 Å². The second kappa shape index (κ2) is 2.93. The third-order valence-corrected chi connectivity index (χ3v) is 3.22. The molecule has 0 atom stereocenters. The normalized spacial score (nSPS) is 20.2. The maximum atomic E-state index is 5.22. The van der Waals surface area contributed by atoms with Gasteiger partial charge in [-0.05, 0) is 31.7 Å². The first-order valence-corrected chi connectivity index (χ1v) is 5.79. The lowest BCUT2D eigenvalue weighted by molar-refractivity contribution is 0.421. The average Bonchev–Trinajstić information content (AvgIpc) is 3.23. The highest BCUT2D eigenvalue weighted by Gasteiger charge is 2.30. The summed E-state index contributed by atoms with van der Waals surface area (Å²) in [5.74, 6) is 2.59. The molecule has 2 aromatic rings. The summed E-state index contributed by atoms with van der Waals surface area (Å²) in [6, 6.07) is 2.03. The van der Waals surface area contributed by atoms with Crippen molar-refractivity contribution < 1.29 is 4.52 Å². The number of hydrogen-bond acceptors (Lipinski definition) is 4. The first kappa shape index (κ1) is 8.50. The Hall–Kier alpha value is -1.65. The molecule has 1 N–H and O–H groups in total. The molecule has 2 heterocycles. The monoisotopic (exact) mass is 216 g/mol. The molecule has 0 radical (unpaired) electrons. The Kier molecular flexibility index (Phi) is 1.56. The van der Waals surface area contributed by atoms with Crippen LogP contribution in [0.1, 0.15) is 49.0 Å². The van der Waals surface area contributed by atoms with Crippen LogP contribution in [-0.2, 0) is 0 Å². The number of nitrogens with zero attached hydrogens (tertiary/aromatic N) is 3. The Labute approximate surface area is 92.2 Å². The van der Waals surface area contributed by atoms with Gasteiger partial charge in [-0.25, -0.2) is 0 Å². The van der Waals surface area contributed by atoms with Gasteiger partial charge in [0.15, 0.2) is 11.5 Å². The topological polar surface area (TPSA) is 67.6 Å². The number of rotatable bonds is 3. The zero-order valence-corrected chi connectivity index (χ0v) is 8.81. The molecule has 0 unspecified atom stereocenters. The van der Waals surface area contributed by atoms with Gasteiger partial charge in [-0.3, -0.25) is 5.10 Å². The van der Waals surface area contributed by atoms with Crippen molar-refractivity contribution in [3.8, 4) is 11.6 Å². The van der Waals surface area contributed by atoms with Crippen molar-refractivity contribution in [3.63, 3.8) is 0 Å². The van der Waals surface area contributed by atoms with Crippen LogP contribution in [0.4, 0.5) is 0 Å². The van der Waals surface area contributed by atoms with Gasteiger partial charge in [0.1, 0.15) is 0 Å². The van der Waals surface area contributed by atoms with Gasteiger partial charge in [-0.1, -0.05) is 5.16 Å². The fraction of sp³-hybridized carbons (Fsp3) is 0.545. The van der Waals surface area contributed by atoms with Crippen LogP contribution in [0.3, 0.4) is 0 Å². The van der Waals surface area contributed by atoms with Crippen LogP contribution in [0.5, 0.6) is 0 Å². The van der Waals surface area contributed by atoms with E-state index in [2.05, 4.69) is 20.3 Å². The maximum absolute atomic E-state index is 5.22. The average molecular weight is 216 g/mol. The molecule has 5 nitrogen and oxygen atoms in total. The Morgan fingerprint density at radius 1 is 1.19 bits per heavy atom. The molecular weight excluding hydrogens is 204 g/mol. The molecule has 0 aromatic carbocycles. The van der Waals surface area contributed by atoms with E-state index in [0.717, 1.165) is 11.5 Å². The molecule has 16 heavy (non-hydrogen) atoms. The van der Waals surface area contributed by atoms with Crippen molar-refractivity contribution in [2.24, 2.45) is 0 Å². The molecule has 5 heteroatoms. The van der Waals surface area contributed by atoms with Gasteiger partial charge in [-0.15, -0.1) is 0 Å². The Bertz CT molecular complexity index is 473. The van der Waals surface area contributed by atoms with E-state index in [1.807, 2.05) is 6.07 Å². The number of nitrogens with one attached hydrogen (secondary N) is 1. The molecule has 0 aliphatic heterocycles. The molecule has 2 saturated carbocycles. The maximum Gasteiger partial charge on any atom is 0.278 e. The quantitative estimate of drug-likeness (QED) is 0.854. The summed E-state index contributed by atoms with van der Waals surface area (Å²) >= 11 is 0. The van der Waals surface area contributed by atoms with Crippen LogP contribution in [0, 0.1) is 0 Å². The minimum Gasteiger partial charge on any atom is -0.332 e. The number of aromatic amines is 1. The van der Waals surface area contributed by atoms with Gasteiger partial charge in [0.05, 0.1) is 0 Å². The SMILES string of the molecule is c1c(-c2nc(C3CC3)no2)n[nH]c1C1CC1. The summed E-state index contributed by atoms with van der Waals surface area (Å²) < 4.78 is 5.22. The van der Waals surface area contributed by atoms with Crippen molar-refractivity contribution in [2.45, 2.75) is 37.5 Å². The van der Waals surface area contributed by atoms with Crippen molar-refractivity contribution in [1.29, 1.82) is 0 Å². The lowest BCUT2D eigenvalue weighted by Gasteiger charge is -1.84. The molecule has 0 spiro atoms. The number of hydrogen-bond donors (Lipinski definition) is 1. The first-order valence-electron chi connectivity index (χ1n) is 5.79. The van der Waals surface area contributed by atoms with Gasteiger partial charge in [0, 0.05) is 17.5 Å². The molecule has 2 aromatic heterocycles. The third kappa shape index (κ3) is 1.35. The van der Waals surface area contributed by atoms with Gasteiger partial charge < -0.3 is 4.52 Å². The molecule has 0 saturated heterocycles. The van der Waals surface area contributed by atoms with E-state index in [1.54, 1.807) is 0 Å². The van der Waals surface area contributed by atoms with Crippen molar-refractivity contribution in [3.05, 3.63) is 17.6 Å². The van der Waals surface area contributed by atoms with E-state index in [-0.39, 0.29) is 0 Å². The largest absolute Gasteiger partial charge is 0.332 e. The van der Waals surface area contributed by atoms with Gasteiger partial charge in [0.25, 0.3) is 5.89 Å². The highest BCUT2D eigenvalue weighted by atomic mass is 16.5. The van der Waals surface area contributed by atoms with E-state index in [4.69, 9.17) is 4.52 Å². The van der Waals surface area contributed by atoms with Crippen molar-refractivity contribution in [1.82, 2.24) is 20.3 Å². The summed E-state index contributed by atoms with van der Waals surface area (Å²) in [5, 5.41) is 11.2. The van der Waals surface area contributed by atoms with E-state index in [0.29, 0.717) is 17.7 Å². The van der Waals surface area contributed by atoms with E-state index < -0.39 is 0 Å². The molecule has 2 fully saturated rings. The highest BCUT2D eigenvalue weighted by molar-refractivity contribution is 5.47.